The molecule has 0 heterocycles. The second-order valence-electron chi connectivity index (χ2n) is 4.54. The number of amides is 1. The fraction of sp³-hybridized carbons (Fsp3) is 0.462. The molecule has 0 aromatic heterocycles. The van der Waals surface area contributed by atoms with Gasteiger partial charge < -0.3 is 10.1 Å². The molecule has 1 aromatic carbocycles. The summed E-state index contributed by atoms with van der Waals surface area (Å²) in [4.78, 5) is 22.3. The first kappa shape index (κ1) is 16.2. The molecule has 0 radical (unpaired) electrons. The van der Waals surface area contributed by atoms with Crippen LogP contribution in [0.4, 0.5) is 5.69 Å². The number of ether oxygens (including phenoxy) is 1. The van der Waals surface area contributed by atoms with Gasteiger partial charge in [-0.15, -0.1) is 11.6 Å². The summed E-state index contributed by atoms with van der Waals surface area (Å²) in [5.74, 6) is 0.368. The number of hydrogen-bond donors (Lipinski definition) is 1. The first-order chi connectivity index (χ1) is 9.40. The molecule has 0 aliphatic heterocycles. The summed E-state index contributed by atoms with van der Waals surface area (Å²) in [6.45, 7) is 3.77. The Morgan fingerprint density at radius 3 is 2.65 bits per heavy atom. The van der Waals surface area contributed by atoms with Crippen molar-refractivity contribution in [3.63, 3.8) is 0 Å². The number of nitrogens with one attached hydrogen (secondary N) is 1. The van der Waals surface area contributed by atoms with Crippen molar-refractivity contribution in [3.8, 4) is 5.75 Å². The number of nitrogens with zero attached hydrogens (tertiary/aromatic N) is 1. The lowest BCUT2D eigenvalue weighted by Crippen LogP contribution is -2.37. The van der Waals surface area contributed by atoms with Gasteiger partial charge in [-0.25, -0.2) is 0 Å². The topological polar surface area (TPSA) is 81.5 Å². The number of alkyl halides is 1. The van der Waals surface area contributed by atoms with Crippen LogP contribution in [-0.2, 0) is 0 Å². The molecule has 20 heavy (non-hydrogen) atoms. The van der Waals surface area contributed by atoms with Crippen molar-refractivity contribution in [1.29, 1.82) is 0 Å². The number of nitro benzene ring substituents is 1. The number of non-ortho nitro benzene ring substituents is 1. The summed E-state index contributed by atoms with van der Waals surface area (Å²) in [6.07, 6.45) is 0. The summed E-state index contributed by atoms with van der Waals surface area (Å²) in [6, 6.07) is 3.77. The van der Waals surface area contributed by atoms with Crippen molar-refractivity contribution in [3.05, 3.63) is 33.9 Å². The maximum Gasteiger partial charge on any atom is 0.273 e. The van der Waals surface area contributed by atoms with Gasteiger partial charge in [-0.3, -0.25) is 14.9 Å². The maximum atomic E-state index is 12.1. The van der Waals surface area contributed by atoms with Crippen molar-refractivity contribution < 1.29 is 14.5 Å². The first-order valence-electron chi connectivity index (χ1n) is 6.10. The predicted octanol–water partition coefficient (Wildman–Crippen LogP) is 2.60. The number of hydrogen-bond acceptors (Lipinski definition) is 4. The number of benzene rings is 1. The number of nitro groups is 1. The third kappa shape index (κ3) is 3.84. The van der Waals surface area contributed by atoms with Crippen LogP contribution < -0.4 is 10.1 Å². The van der Waals surface area contributed by atoms with E-state index in [9.17, 15) is 14.9 Å². The van der Waals surface area contributed by atoms with Gasteiger partial charge in [0.25, 0.3) is 11.6 Å². The van der Waals surface area contributed by atoms with Crippen LogP contribution in [0, 0.1) is 16.0 Å². The molecule has 2 atom stereocenters. The van der Waals surface area contributed by atoms with E-state index in [1.54, 1.807) is 0 Å². The van der Waals surface area contributed by atoms with Crippen molar-refractivity contribution in [2.45, 2.75) is 19.9 Å². The van der Waals surface area contributed by atoms with Gasteiger partial charge in [0.2, 0.25) is 0 Å². The molecule has 0 fully saturated rings. The summed E-state index contributed by atoms with van der Waals surface area (Å²) in [5.41, 5.74) is 0.132. The molecule has 0 spiro atoms. The molecule has 0 aliphatic carbocycles. The zero-order valence-electron chi connectivity index (χ0n) is 11.6. The van der Waals surface area contributed by atoms with Gasteiger partial charge in [-0.1, -0.05) is 6.92 Å². The van der Waals surface area contributed by atoms with Crippen LogP contribution in [-0.4, -0.2) is 29.9 Å². The minimum absolute atomic E-state index is 0.111. The molecule has 0 saturated heterocycles. The number of rotatable bonds is 6. The molecule has 7 heteroatoms. The molecule has 1 rings (SSSR count). The zero-order chi connectivity index (χ0) is 15.3. The highest BCUT2D eigenvalue weighted by atomic mass is 35.5. The Hall–Kier alpha value is -1.82. The molecule has 0 aliphatic rings. The Balaban J connectivity index is 2.95. The molecule has 2 unspecified atom stereocenters. The van der Waals surface area contributed by atoms with Crippen LogP contribution in [0.25, 0.3) is 0 Å². The Morgan fingerprint density at radius 2 is 2.15 bits per heavy atom. The SMILES string of the molecule is COc1cc([N+](=O)[O-])ccc1C(=O)NC(C)C(C)CCl. The van der Waals surface area contributed by atoms with Crippen molar-refractivity contribution in [1.82, 2.24) is 5.32 Å². The van der Waals surface area contributed by atoms with E-state index in [0.717, 1.165) is 0 Å². The van der Waals surface area contributed by atoms with Gasteiger partial charge in [0.15, 0.2) is 0 Å². The van der Waals surface area contributed by atoms with Gasteiger partial charge in [-0.05, 0) is 18.9 Å². The zero-order valence-corrected chi connectivity index (χ0v) is 12.3. The third-order valence-electron chi connectivity index (χ3n) is 3.10. The lowest BCUT2D eigenvalue weighted by Gasteiger charge is -2.19. The van der Waals surface area contributed by atoms with Gasteiger partial charge in [-0.2, -0.15) is 0 Å². The van der Waals surface area contributed by atoms with Gasteiger partial charge >= 0.3 is 0 Å². The van der Waals surface area contributed by atoms with E-state index in [4.69, 9.17) is 16.3 Å². The molecule has 0 bridgehead atoms. The Labute approximate surface area is 122 Å². The van der Waals surface area contributed by atoms with Crippen LogP contribution in [0.3, 0.4) is 0 Å². The lowest BCUT2D eigenvalue weighted by atomic mass is 10.1. The highest BCUT2D eigenvalue weighted by Gasteiger charge is 2.20. The fourth-order valence-corrected chi connectivity index (χ4v) is 1.81. The summed E-state index contributed by atoms with van der Waals surface area (Å²) >= 11 is 5.74. The second kappa shape index (κ2) is 7.09. The lowest BCUT2D eigenvalue weighted by molar-refractivity contribution is -0.384. The van der Waals surface area contributed by atoms with Crippen LogP contribution in [0.1, 0.15) is 24.2 Å². The Kier molecular flexibility index (Phi) is 5.76. The molecular formula is C13H17ClN2O4. The highest BCUT2D eigenvalue weighted by Crippen LogP contribution is 2.24. The van der Waals surface area contributed by atoms with Crippen molar-refractivity contribution >= 4 is 23.2 Å². The van der Waals surface area contributed by atoms with Crippen LogP contribution in [0.2, 0.25) is 0 Å². The minimum Gasteiger partial charge on any atom is -0.496 e. The summed E-state index contributed by atoms with van der Waals surface area (Å²) < 4.78 is 5.03. The molecular weight excluding hydrogens is 284 g/mol. The summed E-state index contributed by atoms with van der Waals surface area (Å²) in [7, 11) is 1.36. The molecule has 110 valence electrons. The molecule has 6 nitrogen and oxygen atoms in total. The van der Waals surface area contributed by atoms with E-state index in [1.165, 1.54) is 25.3 Å². The van der Waals surface area contributed by atoms with Crippen LogP contribution in [0.5, 0.6) is 5.75 Å². The van der Waals surface area contributed by atoms with E-state index in [-0.39, 0.29) is 34.9 Å². The van der Waals surface area contributed by atoms with E-state index in [2.05, 4.69) is 5.32 Å². The average molecular weight is 301 g/mol. The van der Waals surface area contributed by atoms with Crippen LogP contribution >= 0.6 is 11.6 Å². The molecule has 1 N–H and O–H groups in total. The average Bonchev–Trinajstić information content (AvgIpc) is 2.45. The Bertz CT molecular complexity index is 507. The third-order valence-corrected chi connectivity index (χ3v) is 3.58. The second-order valence-corrected chi connectivity index (χ2v) is 4.84. The number of halogens is 1. The number of carbonyl (C=O) groups excluding carboxylic acids is 1. The van der Waals surface area contributed by atoms with Crippen LogP contribution in [0.15, 0.2) is 18.2 Å². The van der Waals surface area contributed by atoms with E-state index in [0.29, 0.717) is 5.88 Å². The van der Waals surface area contributed by atoms with Gasteiger partial charge in [0.1, 0.15) is 5.75 Å². The van der Waals surface area contributed by atoms with Crippen molar-refractivity contribution in [2.24, 2.45) is 5.92 Å². The number of carbonyl (C=O) groups is 1. The maximum absolute atomic E-state index is 12.1. The van der Waals surface area contributed by atoms with E-state index >= 15 is 0 Å². The molecule has 0 saturated carbocycles. The highest BCUT2D eigenvalue weighted by molar-refractivity contribution is 6.18. The normalized spacial score (nSPS) is 13.4. The van der Waals surface area contributed by atoms with Gasteiger partial charge in [0, 0.05) is 18.0 Å². The smallest absolute Gasteiger partial charge is 0.273 e. The Morgan fingerprint density at radius 1 is 1.50 bits per heavy atom. The fourth-order valence-electron chi connectivity index (χ4n) is 1.54. The number of methoxy groups -OCH3 is 1. The van der Waals surface area contributed by atoms with Gasteiger partial charge in [0.05, 0.1) is 23.7 Å². The molecule has 1 amide bonds. The predicted molar refractivity (Wildman–Crippen MR) is 76.5 cm³/mol. The molecule has 1 aromatic rings. The van der Waals surface area contributed by atoms with Crippen molar-refractivity contribution in [2.75, 3.05) is 13.0 Å². The standard InChI is InChI=1S/C13H17ClN2O4/c1-8(7-14)9(2)15-13(17)11-5-4-10(16(18)19)6-12(11)20-3/h4-6,8-9H,7H2,1-3H3,(H,15,17). The minimum atomic E-state index is -0.539. The summed E-state index contributed by atoms with van der Waals surface area (Å²) in [5, 5.41) is 13.5. The monoisotopic (exact) mass is 300 g/mol. The van der Waals surface area contributed by atoms with E-state index in [1.807, 2.05) is 13.8 Å². The first-order valence-corrected chi connectivity index (χ1v) is 6.63. The quantitative estimate of drug-likeness (QED) is 0.497. The van der Waals surface area contributed by atoms with E-state index < -0.39 is 4.92 Å². The largest absolute Gasteiger partial charge is 0.496 e.